The van der Waals surface area contributed by atoms with E-state index in [0.717, 1.165) is 13.0 Å². The molecule has 0 saturated carbocycles. The van der Waals surface area contributed by atoms with E-state index in [-0.39, 0.29) is 11.9 Å². The molecule has 0 bridgehead atoms. The van der Waals surface area contributed by atoms with Crippen LogP contribution in [-0.2, 0) is 0 Å². The SMILES string of the molecule is CC1CCC(C)N(C(=O)c2cnc(NN)c(Cl)c2)C1. The monoisotopic (exact) mass is 282 g/mol. The molecule has 1 fully saturated rings. The maximum atomic E-state index is 12.5. The molecule has 2 heterocycles. The molecule has 0 spiro atoms. The van der Waals surface area contributed by atoms with Gasteiger partial charge in [-0.3, -0.25) is 4.79 Å². The number of rotatable bonds is 2. The highest BCUT2D eigenvalue weighted by Gasteiger charge is 2.28. The van der Waals surface area contributed by atoms with Crippen molar-refractivity contribution < 1.29 is 4.79 Å². The number of nitrogens with zero attached hydrogens (tertiary/aromatic N) is 2. The third kappa shape index (κ3) is 2.98. The highest BCUT2D eigenvalue weighted by molar-refractivity contribution is 6.33. The second kappa shape index (κ2) is 5.75. The number of hydrogen-bond donors (Lipinski definition) is 2. The van der Waals surface area contributed by atoms with E-state index in [1.54, 1.807) is 6.07 Å². The van der Waals surface area contributed by atoms with E-state index >= 15 is 0 Å². The summed E-state index contributed by atoms with van der Waals surface area (Å²) >= 11 is 6.00. The molecule has 0 radical (unpaired) electrons. The lowest BCUT2D eigenvalue weighted by atomic mass is 9.94. The van der Waals surface area contributed by atoms with Crippen LogP contribution in [0.1, 0.15) is 37.0 Å². The van der Waals surface area contributed by atoms with Gasteiger partial charge in [-0.2, -0.15) is 0 Å². The van der Waals surface area contributed by atoms with Crippen LogP contribution in [0.2, 0.25) is 5.02 Å². The average Bonchev–Trinajstić information content (AvgIpc) is 2.40. The third-order valence-corrected chi connectivity index (χ3v) is 3.89. The molecule has 1 aromatic heterocycles. The molecule has 1 aromatic rings. The maximum absolute atomic E-state index is 12.5. The standard InChI is InChI=1S/C13H19ClN4O/c1-8-3-4-9(2)18(7-8)13(19)10-5-11(14)12(17-15)16-6-10/h5-6,8-9H,3-4,7,15H2,1-2H3,(H,16,17). The van der Waals surface area contributed by atoms with E-state index in [4.69, 9.17) is 17.4 Å². The summed E-state index contributed by atoms with van der Waals surface area (Å²) in [5.41, 5.74) is 2.89. The number of amides is 1. The first-order valence-corrected chi connectivity index (χ1v) is 6.84. The first kappa shape index (κ1) is 14.1. The van der Waals surface area contributed by atoms with Crippen LogP contribution in [0.4, 0.5) is 5.82 Å². The molecule has 104 valence electrons. The summed E-state index contributed by atoms with van der Waals surface area (Å²) in [7, 11) is 0. The Kier molecular flexibility index (Phi) is 4.27. The summed E-state index contributed by atoms with van der Waals surface area (Å²) in [6.45, 7) is 5.03. The van der Waals surface area contributed by atoms with Crippen molar-refractivity contribution >= 4 is 23.3 Å². The number of pyridine rings is 1. The Balaban J connectivity index is 2.21. The lowest BCUT2D eigenvalue weighted by Crippen LogP contribution is -2.45. The molecule has 2 atom stereocenters. The van der Waals surface area contributed by atoms with Crippen LogP contribution in [0.5, 0.6) is 0 Å². The second-order valence-corrected chi connectivity index (χ2v) is 5.60. The maximum Gasteiger partial charge on any atom is 0.255 e. The number of carbonyl (C=O) groups is 1. The Morgan fingerprint density at radius 1 is 1.53 bits per heavy atom. The Morgan fingerprint density at radius 3 is 2.89 bits per heavy atom. The zero-order valence-corrected chi connectivity index (χ0v) is 11.9. The molecule has 19 heavy (non-hydrogen) atoms. The van der Waals surface area contributed by atoms with Gasteiger partial charge in [0.25, 0.3) is 5.91 Å². The van der Waals surface area contributed by atoms with Crippen molar-refractivity contribution in [3.05, 3.63) is 22.8 Å². The van der Waals surface area contributed by atoms with Gasteiger partial charge in [0.15, 0.2) is 5.82 Å². The fourth-order valence-corrected chi connectivity index (χ4v) is 2.62. The van der Waals surface area contributed by atoms with Crippen molar-refractivity contribution in [1.82, 2.24) is 9.88 Å². The molecular weight excluding hydrogens is 264 g/mol. The lowest BCUT2D eigenvalue weighted by Gasteiger charge is -2.36. The topological polar surface area (TPSA) is 71.2 Å². The van der Waals surface area contributed by atoms with Crippen molar-refractivity contribution in [2.75, 3.05) is 12.0 Å². The number of hydrazine groups is 1. The van der Waals surface area contributed by atoms with Crippen molar-refractivity contribution in [1.29, 1.82) is 0 Å². The number of halogens is 1. The normalized spacial score (nSPS) is 23.3. The van der Waals surface area contributed by atoms with Gasteiger partial charge in [-0.25, -0.2) is 10.8 Å². The highest BCUT2D eigenvalue weighted by atomic mass is 35.5. The largest absolute Gasteiger partial charge is 0.336 e. The smallest absolute Gasteiger partial charge is 0.255 e. The predicted octanol–water partition coefficient (Wildman–Crippen LogP) is 2.28. The first-order chi connectivity index (χ1) is 9.02. The van der Waals surface area contributed by atoms with Gasteiger partial charge in [-0.05, 0) is 31.7 Å². The van der Waals surface area contributed by atoms with E-state index in [9.17, 15) is 4.79 Å². The quantitative estimate of drug-likeness (QED) is 0.645. The number of nitrogens with one attached hydrogen (secondary N) is 1. The molecule has 1 aliphatic heterocycles. The number of carbonyl (C=O) groups excluding carboxylic acids is 1. The zero-order valence-electron chi connectivity index (χ0n) is 11.2. The number of nitrogens with two attached hydrogens (primary N) is 1. The summed E-state index contributed by atoms with van der Waals surface area (Å²) in [5, 5.41) is 0.353. The van der Waals surface area contributed by atoms with Crippen LogP contribution in [0.15, 0.2) is 12.3 Å². The molecule has 0 aromatic carbocycles. The average molecular weight is 283 g/mol. The van der Waals surface area contributed by atoms with E-state index in [2.05, 4.69) is 24.3 Å². The van der Waals surface area contributed by atoms with Crippen molar-refractivity contribution in [3.8, 4) is 0 Å². The second-order valence-electron chi connectivity index (χ2n) is 5.19. The fraction of sp³-hybridized carbons (Fsp3) is 0.538. The van der Waals surface area contributed by atoms with Crippen molar-refractivity contribution in [2.45, 2.75) is 32.7 Å². The van der Waals surface area contributed by atoms with Crippen LogP contribution < -0.4 is 11.3 Å². The number of piperidine rings is 1. The van der Waals surface area contributed by atoms with E-state index < -0.39 is 0 Å². The molecule has 2 rings (SSSR count). The number of nitrogen functional groups attached to an aromatic ring is 1. The Hall–Kier alpha value is -1.33. The van der Waals surface area contributed by atoms with Crippen LogP contribution in [0, 0.1) is 5.92 Å². The molecule has 5 nitrogen and oxygen atoms in total. The number of hydrogen-bond acceptors (Lipinski definition) is 4. The summed E-state index contributed by atoms with van der Waals surface area (Å²) in [6, 6.07) is 1.87. The minimum Gasteiger partial charge on any atom is -0.336 e. The van der Waals surface area contributed by atoms with Crippen LogP contribution >= 0.6 is 11.6 Å². The Labute approximate surface area is 118 Å². The predicted molar refractivity (Wildman–Crippen MR) is 76.0 cm³/mol. The Morgan fingerprint density at radius 2 is 2.26 bits per heavy atom. The fourth-order valence-electron chi connectivity index (χ4n) is 2.40. The number of aromatic nitrogens is 1. The summed E-state index contributed by atoms with van der Waals surface area (Å²) in [4.78, 5) is 18.4. The zero-order chi connectivity index (χ0) is 14.0. The minimum atomic E-state index is -0.0166. The van der Waals surface area contributed by atoms with E-state index in [0.29, 0.717) is 22.3 Å². The van der Waals surface area contributed by atoms with Gasteiger partial charge in [0.1, 0.15) is 0 Å². The van der Waals surface area contributed by atoms with Crippen molar-refractivity contribution in [3.63, 3.8) is 0 Å². The molecular formula is C13H19ClN4O. The molecule has 1 saturated heterocycles. The summed E-state index contributed by atoms with van der Waals surface area (Å²) in [6.07, 6.45) is 3.71. The molecule has 6 heteroatoms. The number of likely N-dealkylation sites (tertiary alicyclic amines) is 1. The molecule has 3 N–H and O–H groups in total. The molecule has 1 aliphatic rings. The third-order valence-electron chi connectivity index (χ3n) is 3.60. The molecule has 2 unspecified atom stereocenters. The highest BCUT2D eigenvalue weighted by Crippen LogP contribution is 2.25. The van der Waals surface area contributed by atoms with E-state index in [1.807, 2.05) is 4.90 Å². The molecule has 0 aliphatic carbocycles. The number of anilines is 1. The van der Waals surface area contributed by atoms with Crippen LogP contribution in [0.25, 0.3) is 0 Å². The summed E-state index contributed by atoms with van der Waals surface area (Å²) < 4.78 is 0. The van der Waals surface area contributed by atoms with E-state index in [1.165, 1.54) is 12.6 Å². The molecule has 1 amide bonds. The minimum absolute atomic E-state index is 0.0166. The Bertz CT molecular complexity index is 480. The first-order valence-electron chi connectivity index (χ1n) is 6.46. The van der Waals surface area contributed by atoms with Gasteiger partial charge >= 0.3 is 0 Å². The summed E-state index contributed by atoms with van der Waals surface area (Å²) in [5.74, 6) is 6.16. The van der Waals surface area contributed by atoms with Gasteiger partial charge in [-0.1, -0.05) is 18.5 Å². The van der Waals surface area contributed by atoms with Crippen LogP contribution in [0.3, 0.4) is 0 Å². The van der Waals surface area contributed by atoms with Crippen LogP contribution in [-0.4, -0.2) is 28.4 Å². The lowest BCUT2D eigenvalue weighted by molar-refractivity contribution is 0.0573. The van der Waals surface area contributed by atoms with Crippen molar-refractivity contribution in [2.24, 2.45) is 11.8 Å². The van der Waals surface area contributed by atoms with Gasteiger partial charge in [0.2, 0.25) is 0 Å². The van der Waals surface area contributed by atoms with Gasteiger partial charge < -0.3 is 10.3 Å². The van der Waals surface area contributed by atoms with Gasteiger partial charge in [-0.15, -0.1) is 0 Å². The van der Waals surface area contributed by atoms with Gasteiger partial charge in [0.05, 0.1) is 10.6 Å². The van der Waals surface area contributed by atoms with Gasteiger partial charge in [0, 0.05) is 18.8 Å².